The molecule has 0 bridgehead atoms. The Morgan fingerprint density at radius 1 is 1.29 bits per heavy atom. The average molecular weight is 457 g/mol. The van der Waals surface area contributed by atoms with Gasteiger partial charge in [-0.3, -0.25) is 0 Å². The van der Waals surface area contributed by atoms with Gasteiger partial charge in [0.15, 0.2) is 0 Å². The summed E-state index contributed by atoms with van der Waals surface area (Å²) in [6.45, 7) is 0. The van der Waals surface area contributed by atoms with Crippen LogP contribution >= 0.6 is 38.5 Å². The molecule has 1 atom stereocenters. The van der Waals surface area contributed by atoms with Gasteiger partial charge in [0.2, 0.25) is 0 Å². The smallest absolute Gasteiger partial charge is 0.112 e. The lowest BCUT2D eigenvalue weighted by atomic mass is 10.1. The highest BCUT2D eigenvalue weighted by molar-refractivity contribution is 14.1. The third kappa shape index (κ3) is 3.00. The molecule has 108 valence electrons. The molecule has 1 unspecified atom stereocenters. The second kappa shape index (κ2) is 6.06. The Balaban J connectivity index is 1.94. The Bertz CT molecular complexity index is 800. The molecule has 0 radical (unpaired) electrons. The Labute approximate surface area is 145 Å². The van der Waals surface area contributed by atoms with Gasteiger partial charge in [-0.05, 0) is 58.5 Å². The van der Waals surface area contributed by atoms with E-state index in [1.165, 1.54) is 0 Å². The zero-order chi connectivity index (χ0) is 15.0. The van der Waals surface area contributed by atoms with E-state index in [4.69, 9.17) is 0 Å². The van der Waals surface area contributed by atoms with E-state index in [0.29, 0.717) is 6.42 Å². The molecule has 0 aliphatic carbocycles. The number of benzene rings is 2. The maximum absolute atomic E-state index is 10.5. The normalized spacial score (nSPS) is 12.8. The molecule has 0 fully saturated rings. The highest BCUT2D eigenvalue weighted by Crippen LogP contribution is 2.27. The largest absolute Gasteiger partial charge is 0.388 e. The first-order valence-corrected chi connectivity index (χ1v) is 8.47. The minimum Gasteiger partial charge on any atom is -0.388 e. The predicted octanol–water partition coefficient (Wildman–Crippen LogP) is 4.22. The van der Waals surface area contributed by atoms with Crippen molar-refractivity contribution in [2.24, 2.45) is 7.05 Å². The third-order valence-electron chi connectivity index (χ3n) is 3.57. The molecule has 0 saturated heterocycles. The summed E-state index contributed by atoms with van der Waals surface area (Å²) in [4.78, 5) is 4.62. The van der Waals surface area contributed by atoms with Crippen LogP contribution in [-0.4, -0.2) is 14.7 Å². The molecule has 3 aromatic rings. The molecule has 0 saturated carbocycles. The number of rotatable bonds is 3. The van der Waals surface area contributed by atoms with Crippen molar-refractivity contribution >= 4 is 49.6 Å². The summed E-state index contributed by atoms with van der Waals surface area (Å²) in [6, 6.07) is 14.0. The molecular weight excluding hydrogens is 443 g/mol. The van der Waals surface area contributed by atoms with Gasteiger partial charge in [-0.15, -0.1) is 0 Å². The second-order valence-electron chi connectivity index (χ2n) is 4.96. The van der Waals surface area contributed by atoms with Crippen molar-refractivity contribution < 1.29 is 5.11 Å². The maximum Gasteiger partial charge on any atom is 0.112 e. The summed E-state index contributed by atoms with van der Waals surface area (Å²) in [6.07, 6.45) is -0.0672. The number of aliphatic hydroxyl groups is 1. The molecular formula is C16H14BrIN2O. The number of hydrogen-bond donors (Lipinski definition) is 1. The van der Waals surface area contributed by atoms with Gasteiger partial charge in [0.1, 0.15) is 5.82 Å². The van der Waals surface area contributed by atoms with Crippen molar-refractivity contribution in [3.63, 3.8) is 0 Å². The lowest BCUT2D eigenvalue weighted by Gasteiger charge is -2.13. The number of fused-ring (bicyclic) bond motifs is 1. The van der Waals surface area contributed by atoms with Crippen LogP contribution in [0.3, 0.4) is 0 Å². The third-order valence-corrected chi connectivity index (χ3v) is 5.05. The first-order chi connectivity index (χ1) is 10.1. The molecule has 0 spiro atoms. The van der Waals surface area contributed by atoms with Crippen molar-refractivity contribution in [1.29, 1.82) is 0 Å². The average Bonchev–Trinajstić information content (AvgIpc) is 2.78. The van der Waals surface area contributed by atoms with Crippen LogP contribution < -0.4 is 0 Å². The SMILES string of the molecule is Cn1c(CC(O)c2cc(Br)ccc2I)nc2ccccc21. The molecule has 1 N–H and O–H groups in total. The summed E-state index contributed by atoms with van der Waals surface area (Å²) in [5.41, 5.74) is 2.98. The van der Waals surface area contributed by atoms with E-state index in [1.54, 1.807) is 0 Å². The van der Waals surface area contributed by atoms with Crippen LogP contribution in [0.15, 0.2) is 46.9 Å². The molecule has 1 heterocycles. The molecule has 0 aliphatic rings. The minimum atomic E-state index is -0.565. The van der Waals surface area contributed by atoms with Gasteiger partial charge >= 0.3 is 0 Å². The maximum atomic E-state index is 10.5. The number of hydrogen-bond acceptors (Lipinski definition) is 2. The molecule has 1 aromatic heterocycles. The monoisotopic (exact) mass is 456 g/mol. The zero-order valence-corrected chi connectivity index (χ0v) is 15.2. The molecule has 3 nitrogen and oxygen atoms in total. The van der Waals surface area contributed by atoms with E-state index in [9.17, 15) is 5.11 Å². The molecule has 2 aromatic carbocycles. The van der Waals surface area contributed by atoms with Gasteiger partial charge in [0.25, 0.3) is 0 Å². The second-order valence-corrected chi connectivity index (χ2v) is 7.04. The van der Waals surface area contributed by atoms with Crippen molar-refractivity contribution in [3.8, 4) is 0 Å². The van der Waals surface area contributed by atoms with Gasteiger partial charge in [0, 0.05) is 21.5 Å². The zero-order valence-electron chi connectivity index (χ0n) is 11.4. The van der Waals surface area contributed by atoms with E-state index >= 15 is 0 Å². The lowest BCUT2D eigenvalue weighted by Crippen LogP contribution is -2.08. The summed E-state index contributed by atoms with van der Waals surface area (Å²) in [5, 5.41) is 10.5. The highest BCUT2D eigenvalue weighted by atomic mass is 127. The fraction of sp³-hybridized carbons (Fsp3) is 0.188. The van der Waals surface area contributed by atoms with Crippen molar-refractivity contribution in [1.82, 2.24) is 9.55 Å². The topological polar surface area (TPSA) is 38.0 Å². The van der Waals surface area contributed by atoms with E-state index in [2.05, 4.69) is 43.5 Å². The number of para-hydroxylation sites is 2. The summed E-state index contributed by atoms with van der Waals surface area (Å²) < 4.78 is 4.08. The first-order valence-electron chi connectivity index (χ1n) is 6.59. The fourth-order valence-corrected chi connectivity index (χ4v) is 3.50. The van der Waals surface area contributed by atoms with Gasteiger partial charge in [-0.25, -0.2) is 4.98 Å². The van der Waals surface area contributed by atoms with E-state index in [-0.39, 0.29) is 0 Å². The van der Waals surface area contributed by atoms with Crippen LogP contribution in [0.2, 0.25) is 0 Å². The number of halogens is 2. The molecule has 21 heavy (non-hydrogen) atoms. The number of aryl methyl sites for hydroxylation is 1. The van der Waals surface area contributed by atoms with E-state index in [0.717, 1.165) is 30.5 Å². The van der Waals surface area contributed by atoms with Crippen LogP contribution in [0.1, 0.15) is 17.5 Å². The summed E-state index contributed by atoms with van der Waals surface area (Å²) in [5.74, 6) is 0.888. The lowest BCUT2D eigenvalue weighted by molar-refractivity contribution is 0.174. The number of aromatic nitrogens is 2. The standard InChI is InChI=1S/C16H14BrIN2O/c1-20-14-5-3-2-4-13(14)19-16(20)9-15(21)11-8-10(17)6-7-12(11)18/h2-8,15,21H,9H2,1H3. The molecule has 3 rings (SSSR count). The Morgan fingerprint density at radius 3 is 2.81 bits per heavy atom. The summed E-state index contributed by atoms with van der Waals surface area (Å²) >= 11 is 5.71. The predicted molar refractivity (Wildman–Crippen MR) is 96.2 cm³/mol. The molecule has 5 heteroatoms. The Morgan fingerprint density at radius 2 is 2.05 bits per heavy atom. The van der Waals surface area contributed by atoms with Crippen LogP contribution in [0, 0.1) is 3.57 Å². The van der Waals surface area contributed by atoms with E-state index < -0.39 is 6.10 Å². The molecule has 0 aliphatic heterocycles. The van der Waals surface area contributed by atoms with Gasteiger partial charge in [-0.1, -0.05) is 28.1 Å². The van der Waals surface area contributed by atoms with Crippen molar-refractivity contribution in [3.05, 3.63) is 61.9 Å². The van der Waals surface area contributed by atoms with Crippen LogP contribution in [-0.2, 0) is 13.5 Å². The van der Waals surface area contributed by atoms with Gasteiger partial charge in [-0.2, -0.15) is 0 Å². The summed E-state index contributed by atoms with van der Waals surface area (Å²) in [7, 11) is 1.99. The van der Waals surface area contributed by atoms with Crippen molar-refractivity contribution in [2.75, 3.05) is 0 Å². The van der Waals surface area contributed by atoms with Crippen LogP contribution in [0.25, 0.3) is 11.0 Å². The van der Waals surface area contributed by atoms with Gasteiger partial charge in [0.05, 0.1) is 17.1 Å². The highest BCUT2D eigenvalue weighted by Gasteiger charge is 2.16. The van der Waals surface area contributed by atoms with E-state index in [1.807, 2.05) is 54.1 Å². The Kier molecular flexibility index (Phi) is 4.33. The number of imidazole rings is 1. The van der Waals surface area contributed by atoms with Crippen LogP contribution in [0.4, 0.5) is 0 Å². The van der Waals surface area contributed by atoms with Crippen molar-refractivity contribution in [2.45, 2.75) is 12.5 Å². The Hall–Kier alpha value is -0.920. The molecule has 0 amide bonds. The minimum absolute atomic E-state index is 0.498. The number of nitrogens with zero attached hydrogens (tertiary/aromatic N) is 2. The van der Waals surface area contributed by atoms with Crippen LogP contribution in [0.5, 0.6) is 0 Å². The fourth-order valence-electron chi connectivity index (χ4n) is 2.43. The quantitative estimate of drug-likeness (QED) is 0.599. The first kappa shape index (κ1) is 15.0. The number of aliphatic hydroxyl groups excluding tert-OH is 1. The van der Waals surface area contributed by atoms with Gasteiger partial charge < -0.3 is 9.67 Å².